The van der Waals surface area contributed by atoms with Crippen LogP contribution in [0.4, 0.5) is 17.1 Å². The maximum absolute atomic E-state index is 10.8. The van der Waals surface area contributed by atoms with Crippen molar-refractivity contribution in [1.82, 2.24) is 0 Å². The van der Waals surface area contributed by atoms with Gasteiger partial charge >= 0.3 is 0 Å². The minimum absolute atomic E-state index is 0.0165. The molecular weight excluding hydrogens is 260 g/mol. The van der Waals surface area contributed by atoms with E-state index in [4.69, 9.17) is 10.9 Å². The molecule has 0 saturated heterocycles. The average molecular weight is 282 g/mol. The Morgan fingerprint density at radius 3 is 2.60 bits per heavy atom. The number of nitrogens with one attached hydrogen (secondary N) is 2. The Balaban J connectivity index is 2.75. The Hall–Kier alpha value is -1.86. The van der Waals surface area contributed by atoms with Crippen molar-refractivity contribution in [1.29, 1.82) is 0 Å². The highest BCUT2D eigenvalue weighted by atomic mass is 16.6. The summed E-state index contributed by atoms with van der Waals surface area (Å²) in [5.41, 5.74) is 3.53. The maximum atomic E-state index is 10.8. The highest BCUT2D eigenvalue weighted by molar-refractivity contribution is 5.63. The van der Waals surface area contributed by atoms with Crippen molar-refractivity contribution in [3.63, 3.8) is 0 Å². The van der Waals surface area contributed by atoms with Crippen LogP contribution in [-0.2, 0) is 0 Å². The largest absolute Gasteiger partial charge is 0.396 e. The Morgan fingerprint density at radius 2 is 2.05 bits per heavy atom. The molecule has 0 aliphatic carbocycles. The monoisotopic (exact) mass is 282 g/mol. The summed E-state index contributed by atoms with van der Waals surface area (Å²) >= 11 is 0. The molecule has 1 atom stereocenters. The molecule has 0 aliphatic heterocycles. The molecule has 1 aromatic carbocycles. The number of nitro benzene ring substituents is 1. The topological polar surface area (TPSA) is 113 Å². The van der Waals surface area contributed by atoms with Crippen LogP contribution in [0.25, 0.3) is 0 Å². The first kappa shape index (κ1) is 16.2. The van der Waals surface area contributed by atoms with Crippen LogP contribution in [0.2, 0.25) is 0 Å². The van der Waals surface area contributed by atoms with E-state index in [1.54, 1.807) is 6.07 Å². The molecule has 0 amide bonds. The molecule has 5 N–H and O–H groups in total. The van der Waals surface area contributed by atoms with E-state index in [1.807, 2.05) is 0 Å². The number of nitro groups is 1. The molecule has 20 heavy (non-hydrogen) atoms. The van der Waals surface area contributed by atoms with Crippen LogP contribution < -0.4 is 16.6 Å². The first-order valence-electron chi connectivity index (χ1n) is 6.71. The zero-order valence-electron chi connectivity index (χ0n) is 11.6. The number of hydrogen-bond donors (Lipinski definition) is 4. The van der Waals surface area contributed by atoms with Gasteiger partial charge in [-0.15, -0.1) is 0 Å². The van der Waals surface area contributed by atoms with E-state index in [-0.39, 0.29) is 12.3 Å². The quantitative estimate of drug-likeness (QED) is 0.313. The van der Waals surface area contributed by atoms with Gasteiger partial charge in [0, 0.05) is 31.0 Å². The van der Waals surface area contributed by atoms with Crippen LogP contribution in [0.3, 0.4) is 0 Å². The van der Waals surface area contributed by atoms with Crippen molar-refractivity contribution in [2.24, 2.45) is 11.8 Å². The minimum atomic E-state index is -0.455. The van der Waals surface area contributed by atoms with Crippen LogP contribution in [0.1, 0.15) is 26.2 Å². The summed E-state index contributed by atoms with van der Waals surface area (Å²) < 4.78 is 0. The standard InChI is InChI=1S/C13H22N4O3/c1-2-3-10(4-5-18)9-15-11-6-12(16-14)8-13(7-11)17(19)20/h6-8,10,15-16,18H,2-5,9,14H2,1H3. The van der Waals surface area contributed by atoms with Crippen LogP contribution in [0.15, 0.2) is 18.2 Å². The first-order valence-corrected chi connectivity index (χ1v) is 6.71. The van der Waals surface area contributed by atoms with E-state index in [0.717, 1.165) is 19.3 Å². The molecule has 0 saturated carbocycles. The van der Waals surface area contributed by atoms with Gasteiger partial charge in [0.2, 0.25) is 0 Å². The van der Waals surface area contributed by atoms with Crippen molar-refractivity contribution in [3.8, 4) is 0 Å². The molecular formula is C13H22N4O3. The number of nitrogen functional groups attached to an aromatic ring is 1. The second-order valence-electron chi connectivity index (χ2n) is 4.72. The lowest BCUT2D eigenvalue weighted by atomic mass is 10.00. The van der Waals surface area contributed by atoms with Gasteiger partial charge in [-0.1, -0.05) is 13.3 Å². The van der Waals surface area contributed by atoms with Gasteiger partial charge in [-0.3, -0.25) is 16.0 Å². The number of rotatable bonds is 9. The molecule has 1 rings (SSSR count). The number of anilines is 2. The van der Waals surface area contributed by atoms with Gasteiger partial charge in [0.05, 0.1) is 10.6 Å². The molecule has 0 aliphatic rings. The summed E-state index contributed by atoms with van der Waals surface area (Å²) in [5, 5.41) is 23.0. The predicted molar refractivity (Wildman–Crippen MR) is 79.5 cm³/mol. The number of nitrogens with two attached hydrogens (primary N) is 1. The lowest BCUT2D eigenvalue weighted by Gasteiger charge is -2.17. The SMILES string of the molecule is CCCC(CCO)CNc1cc(NN)cc([N+](=O)[O-])c1. The third-order valence-electron chi connectivity index (χ3n) is 3.12. The highest BCUT2D eigenvalue weighted by Gasteiger charge is 2.11. The fourth-order valence-corrected chi connectivity index (χ4v) is 2.10. The number of hydrazine groups is 1. The van der Waals surface area contributed by atoms with Gasteiger partial charge in [0.1, 0.15) is 0 Å². The third-order valence-corrected chi connectivity index (χ3v) is 3.12. The second kappa shape index (κ2) is 8.34. The Kier molecular flexibility index (Phi) is 6.75. The lowest BCUT2D eigenvalue weighted by molar-refractivity contribution is -0.384. The van der Waals surface area contributed by atoms with E-state index in [2.05, 4.69) is 17.7 Å². The van der Waals surface area contributed by atoms with E-state index >= 15 is 0 Å². The van der Waals surface area contributed by atoms with Crippen molar-refractivity contribution < 1.29 is 10.0 Å². The van der Waals surface area contributed by atoms with Crippen LogP contribution in [0.5, 0.6) is 0 Å². The van der Waals surface area contributed by atoms with Gasteiger partial charge in [-0.05, 0) is 24.8 Å². The fourth-order valence-electron chi connectivity index (χ4n) is 2.10. The van der Waals surface area contributed by atoms with Crippen molar-refractivity contribution in [2.75, 3.05) is 23.9 Å². The van der Waals surface area contributed by atoms with E-state index < -0.39 is 4.92 Å². The summed E-state index contributed by atoms with van der Waals surface area (Å²) in [6.45, 7) is 2.91. The summed E-state index contributed by atoms with van der Waals surface area (Å²) in [5.74, 6) is 5.65. The van der Waals surface area contributed by atoms with E-state index in [9.17, 15) is 10.1 Å². The fraction of sp³-hybridized carbons (Fsp3) is 0.538. The molecule has 0 spiro atoms. The maximum Gasteiger partial charge on any atom is 0.273 e. The molecule has 1 aromatic rings. The second-order valence-corrected chi connectivity index (χ2v) is 4.72. The zero-order chi connectivity index (χ0) is 15.0. The summed E-state index contributed by atoms with van der Waals surface area (Å²) in [4.78, 5) is 10.4. The van der Waals surface area contributed by atoms with Gasteiger partial charge < -0.3 is 15.8 Å². The third kappa shape index (κ3) is 5.02. The number of aliphatic hydroxyl groups is 1. The molecule has 0 bridgehead atoms. The summed E-state index contributed by atoms with van der Waals surface area (Å²) in [6, 6.07) is 4.57. The Bertz CT molecular complexity index is 434. The van der Waals surface area contributed by atoms with Gasteiger partial charge in [0.25, 0.3) is 5.69 Å². The smallest absolute Gasteiger partial charge is 0.273 e. The molecule has 7 heteroatoms. The number of aliphatic hydroxyl groups excluding tert-OH is 1. The number of non-ortho nitro benzene ring substituents is 1. The van der Waals surface area contributed by atoms with Crippen LogP contribution >= 0.6 is 0 Å². The van der Waals surface area contributed by atoms with E-state index in [0.29, 0.717) is 23.8 Å². The van der Waals surface area contributed by atoms with Gasteiger partial charge in [0.15, 0.2) is 0 Å². The molecule has 1 unspecified atom stereocenters. The Labute approximate surface area is 118 Å². The van der Waals surface area contributed by atoms with Crippen molar-refractivity contribution >= 4 is 17.1 Å². The highest BCUT2D eigenvalue weighted by Crippen LogP contribution is 2.24. The lowest BCUT2D eigenvalue weighted by Crippen LogP contribution is -2.16. The minimum Gasteiger partial charge on any atom is -0.396 e. The molecule has 0 heterocycles. The summed E-state index contributed by atoms with van der Waals surface area (Å²) in [7, 11) is 0. The molecule has 7 nitrogen and oxygen atoms in total. The first-order chi connectivity index (χ1) is 9.60. The molecule has 112 valence electrons. The summed E-state index contributed by atoms with van der Waals surface area (Å²) in [6.07, 6.45) is 2.76. The molecule has 0 aromatic heterocycles. The van der Waals surface area contributed by atoms with Crippen LogP contribution in [-0.4, -0.2) is 23.2 Å². The van der Waals surface area contributed by atoms with Crippen LogP contribution in [0, 0.1) is 16.0 Å². The van der Waals surface area contributed by atoms with Crippen molar-refractivity contribution in [3.05, 3.63) is 28.3 Å². The zero-order valence-corrected chi connectivity index (χ0v) is 11.6. The van der Waals surface area contributed by atoms with Gasteiger partial charge in [-0.25, -0.2) is 0 Å². The molecule has 0 radical (unpaired) electrons. The predicted octanol–water partition coefficient (Wildman–Crippen LogP) is 2.09. The number of benzene rings is 1. The Morgan fingerprint density at radius 1 is 1.35 bits per heavy atom. The van der Waals surface area contributed by atoms with Gasteiger partial charge in [-0.2, -0.15) is 0 Å². The number of nitrogens with zero attached hydrogens (tertiary/aromatic N) is 1. The number of hydrogen-bond acceptors (Lipinski definition) is 6. The average Bonchev–Trinajstić information content (AvgIpc) is 2.44. The molecule has 0 fully saturated rings. The normalized spacial score (nSPS) is 11.9. The van der Waals surface area contributed by atoms with Crippen molar-refractivity contribution in [2.45, 2.75) is 26.2 Å². The van der Waals surface area contributed by atoms with E-state index in [1.165, 1.54) is 12.1 Å².